The summed E-state index contributed by atoms with van der Waals surface area (Å²) in [6.07, 6.45) is 3.88. The molecule has 5 nitrogen and oxygen atoms in total. The van der Waals surface area contributed by atoms with E-state index in [0.717, 1.165) is 22.6 Å². The van der Waals surface area contributed by atoms with E-state index in [-0.39, 0.29) is 18.4 Å². The van der Waals surface area contributed by atoms with Crippen LogP contribution in [-0.4, -0.2) is 22.8 Å². The van der Waals surface area contributed by atoms with Crippen LogP contribution in [0.3, 0.4) is 0 Å². The summed E-state index contributed by atoms with van der Waals surface area (Å²) in [5.41, 5.74) is 2.79. The number of amides is 1. The van der Waals surface area contributed by atoms with Crippen molar-refractivity contribution >= 4 is 5.91 Å². The van der Waals surface area contributed by atoms with Crippen LogP contribution in [0.15, 0.2) is 67.0 Å². The molecule has 1 atom stereocenters. The van der Waals surface area contributed by atoms with E-state index < -0.39 is 0 Å². The lowest BCUT2D eigenvalue weighted by molar-refractivity contribution is -0.121. The van der Waals surface area contributed by atoms with Crippen molar-refractivity contribution in [2.75, 3.05) is 7.11 Å². The van der Waals surface area contributed by atoms with Crippen molar-refractivity contribution in [1.82, 2.24) is 15.1 Å². The summed E-state index contributed by atoms with van der Waals surface area (Å²) in [5.74, 6) is 0.721. The maximum atomic E-state index is 12.4. The molecule has 0 unspecified atom stereocenters. The molecule has 3 aromatic rings. The highest BCUT2D eigenvalue weighted by molar-refractivity contribution is 5.79. The second-order valence-corrected chi connectivity index (χ2v) is 5.84. The molecule has 0 spiro atoms. The second kappa shape index (κ2) is 7.66. The summed E-state index contributed by atoms with van der Waals surface area (Å²) < 4.78 is 7.12. The van der Waals surface area contributed by atoms with Gasteiger partial charge in [-0.25, -0.2) is 4.68 Å². The first kappa shape index (κ1) is 16.8. The monoisotopic (exact) mass is 335 g/mol. The molecule has 1 heterocycles. The fourth-order valence-electron chi connectivity index (χ4n) is 2.75. The van der Waals surface area contributed by atoms with Gasteiger partial charge in [0.15, 0.2) is 0 Å². The zero-order chi connectivity index (χ0) is 17.6. The highest BCUT2D eigenvalue weighted by atomic mass is 16.5. The number of nitrogens with one attached hydrogen (secondary N) is 1. The molecule has 0 aliphatic carbocycles. The molecule has 0 fully saturated rings. The maximum Gasteiger partial charge on any atom is 0.225 e. The summed E-state index contributed by atoms with van der Waals surface area (Å²) in [6, 6.07) is 17.4. The van der Waals surface area contributed by atoms with E-state index in [1.54, 1.807) is 18.0 Å². The molecule has 25 heavy (non-hydrogen) atoms. The summed E-state index contributed by atoms with van der Waals surface area (Å²) in [5, 5.41) is 7.33. The minimum absolute atomic E-state index is 0.0500. The summed E-state index contributed by atoms with van der Waals surface area (Å²) in [4.78, 5) is 12.4. The number of aromatic nitrogens is 2. The van der Waals surface area contributed by atoms with Crippen LogP contribution in [-0.2, 0) is 11.2 Å². The number of rotatable bonds is 6. The summed E-state index contributed by atoms with van der Waals surface area (Å²) in [6.45, 7) is 1.95. The highest BCUT2D eigenvalue weighted by Gasteiger charge is 2.14. The van der Waals surface area contributed by atoms with Gasteiger partial charge in [-0.15, -0.1) is 0 Å². The smallest absolute Gasteiger partial charge is 0.225 e. The van der Waals surface area contributed by atoms with Gasteiger partial charge in [0.2, 0.25) is 5.91 Å². The Morgan fingerprint density at radius 1 is 1.16 bits per heavy atom. The second-order valence-electron chi connectivity index (χ2n) is 5.84. The Kier molecular flexibility index (Phi) is 5.14. The number of nitrogens with zero attached hydrogens (tertiary/aromatic N) is 2. The molecular formula is C20H21N3O2. The van der Waals surface area contributed by atoms with E-state index in [1.165, 1.54) is 0 Å². The number of hydrogen-bond acceptors (Lipinski definition) is 3. The number of methoxy groups -OCH3 is 1. The molecule has 0 saturated carbocycles. The van der Waals surface area contributed by atoms with Crippen LogP contribution in [0.5, 0.6) is 5.75 Å². The highest BCUT2D eigenvalue weighted by Crippen LogP contribution is 2.24. The molecule has 1 amide bonds. The van der Waals surface area contributed by atoms with Gasteiger partial charge in [0, 0.05) is 11.8 Å². The zero-order valence-electron chi connectivity index (χ0n) is 14.3. The Labute approximate surface area is 147 Å². The molecule has 1 N–H and O–H groups in total. The van der Waals surface area contributed by atoms with Crippen molar-refractivity contribution in [3.63, 3.8) is 0 Å². The molecule has 1 aromatic heterocycles. The molecule has 0 saturated heterocycles. The molecule has 0 aliphatic heterocycles. The van der Waals surface area contributed by atoms with E-state index in [0.29, 0.717) is 0 Å². The van der Waals surface area contributed by atoms with Gasteiger partial charge in [0.1, 0.15) is 5.75 Å². The average molecular weight is 335 g/mol. The fraction of sp³-hybridized carbons (Fsp3) is 0.200. The molecule has 5 heteroatoms. The Morgan fingerprint density at radius 3 is 2.64 bits per heavy atom. The van der Waals surface area contributed by atoms with Crippen molar-refractivity contribution in [1.29, 1.82) is 0 Å². The molecule has 0 bridgehead atoms. The van der Waals surface area contributed by atoms with Crippen molar-refractivity contribution in [2.24, 2.45) is 0 Å². The van der Waals surface area contributed by atoms with Crippen LogP contribution >= 0.6 is 0 Å². The SMILES string of the molecule is COc1ccccc1[C@@H](C)NC(=O)Cc1cnn(-c2ccccc2)c1. The lowest BCUT2D eigenvalue weighted by atomic mass is 10.1. The van der Waals surface area contributed by atoms with Crippen molar-refractivity contribution < 1.29 is 9.53 Å². The maximum absolute atomic E-state index is 12.4. The number of carbonyl (C=O) groups is 1. The predicted octanol–water partition coefficient (Wildman–Crippen LogP) is 3.30. The Morgan fingerprint density at radius 2 is 1.88 bits per heavy atom. The van der Waals surface area contributed by atoms with Crippen LogP contribution < -0.4 is 10.1 Å². The van der Waals surface area contributed by atoms with Crippen molar-refractivity contribution in [3.8, 4) is 11.4 Å². The van der Waals surface area contributed by atoms with Gasteiger partial charge >= 0.3 is 0 Å². The van der Waals surface area contributed by atoms with Crippen LogP contribution in [0.4, 0.5) is 0 Å². The number of ether oxygens (including phenoxy) is 1. The molecule has 128 valence electrons. The van der Waals surface area contributed by atoms with Gasteiger partial charge in [0.25, 0.3) is 0 Å². The molecule has 0 aliphatic rings. The standard InChI is InChI=1S/C20H21N3O2/c1-15(18-10-6-7-11-19(18)25-2)22-20(24)12-16-13-21-23(14-16)17-8-4-3-5-9-17/h3-11,13-15H,12H2,1-2H3,(H,22,24)/t15-/m1/s1. The topological polar surface area (TPSA) is 56.1 Å². The average Bonchev–Trinajstić information content (AvgIpc) is 3.10. The molecule has 0 radical (unpaired) electrons. The number of hydrogen-bond donors (Lipinski definition) is 1. The zero-order valence-corrected chi connectivity index (χ0v) is 14.3. The quantitative estimate of drug-likeness (QED) is 0.752. The van der Waals surface area contributed by atoms with Crippen LogP contribution in [0, 0.1) is 0 Å². The van der Waals surface area contributed by atoms with Gasteiger partial charge in [0.05, 0.1) is 31.5 Å². The van der Waals surface area contributed by atoms with Gasteiger partial charge < -0.3 is 10.1 Å². The van der Waals surface area contributed by atoms with Gasteiger partial charge in [-0.3, -0.25) is 4.79 Å². The lowest BCUT2D eigenvalue weighted by Crippen LogP contribution is -2.28. The van der Waals surface area contributed by atoms with Gasteiger partial charge in [-0.2, -0.15) is 5.10 Å². The number of benzene rings is 2. The van der Waals surface area contributed by atoms with E-state index >= 15 is 0 Å². The van der Waals surface area contributed by atoms with Crippen LogP contribution in [0.1, 0.15) is 24.1 Å². The molecule has 2 aromatic carbocycles. The van der Waals surface area contributed by atoms with Gasteiger partial charge in [-0.05, 0) is 30.7 Å². The third-order valence-corrected chi connectivity index (χ3v) is 4.00. The van der Waals surface area contributed by atoms with E-state index in [4.69, 9.17) is 4.74 Å². The molecule has 3 rings (SSSR count). The number of carbonyl (C=O) groups excluding carboxylic acids is 1. The van der Waals surface area contributed by atoms with Crippen LogP contribution in [0.25, 0.3) is 5.69 Å². The largest absolute Gasteiger partial charge is 0.496 e. The minimum atomic E-state index is -0.132. The number of para-hydroxylation sites is 2. The third kappa shape index (κ3) is 4.07. The van der Waals surface area contributed by atoms with Crippen molar-refractivity contribution in [3.05, 3.63) is 78.1 Å². The first-order chi connectivity index (χ1) is 12.2. The van der Waals surface area contributed by atoms with Crippen LogP contribution in [0.2, 0.25) is 0 Å². The first-order valence-corrected chi connectivity index (χ1v) is 8.18. The minimum Gasteiger partial charge on any atom is -0.496 e. The fourth-order valence-corrected chi connectivity index (χ4v) is 2.75. The Bertz CT molecular complexity index is 843. The Balaban J connectivity index is 1.64. The lowest BCUT2D eigenvalue weighted by Gasteiger charge is -2.17. The molecular weight excluding hydrogens is 314 g/mol. The van der Waals surface area contributed by atoms with E-state index in [2.05, 4.69) is 10.4 Å². The third-order valence-electron chi connectivity index (χ3n) is 4.00. The Hall–Kier alpha value is -3.08. The van der Waals surface area contributed by atoms with E-state index in [9.17, 15) is 4.79 Å². The summed E-state index contributed by atoms with van der Waals surface area (Å²) in [7, 11) is 1.63. The van der Waals surface area contributed by atoms with E-state index in [1.807, 2.05) is 67.7 Å². The summed E-state index contributed by atoms with van der Waals surface area (Å²) >= 11 is 0. The van der Waals surface area contributed by atoms with Gasteiger partial charge in [-0.1, -0.05) is 36.4 Å². The normalized spacial score (nSPS) is 11.8. The predicted molar refractivity (Wildman–Crippen MR) is 96.8 cm³/mol. The first-order valence-electron chi connectivity index (χ1n) is 8.18. The van der Waals surface area contributed by atoms with Crippen molar-refractivity contribution in [2.45, 2.75) is 19.4 Å².